The highest BCUT2D eigenvalue weighted by atomic mass is 16.5. The molecule has 0 bridgehead atoms. The van der Waals surface area contributed by atoms with Crippen LogP contribution in [0.2, 0.25) is 0 Å². The lowest BCUT2D eigenvalue weighted by atomic mass is 10.1. The van der Waals surface area contributed by atoms with Crippen LogP contribution in [0.4, 0.5) is 0 Å². The minimum absolute atomic E-state index is 0.147. The third-order valence-electron chi connectivity index (χ3n) is 3.13. The van der Waals surface area contributed by atoms with Gasteiger partial charge in [0.2, 0.25) is 5.91 Å². The lowest BCUT2D eigenvalue weighted by Gasteiger charge is -2.20. The predicted molar refractivity (Wildman–Crippen MR) is 86.4 cm³/mol. The molecule has 5 N–H and O–H groups in total. The second-order valence-electron chi connectivity index (χ2n) is 5.61. The molecule has 0 aromatic heterocycles. The summed E-state index contributed by atoms with van der Waals surface area (Å²) in [7, 11) is 0. The number of aliphatic carboxylic acids is 1. The van der Waals surface area contributed by atoms with E-state index in [4.69, 9.17) is 4.74 Å². The summed E-state index contributed by atoms with van der Waals surface area (Å²) in [6.07, 6.45) is 0.0709. The number of carbonyl (C=O) groups excluding carboxylic acids is 4. The molecule has 0 fully saturated rings. The number of quaternary nitrogens is 1. The number of ether oxygens (including phenoxy) is 1. The van der Waals surface area contributed by atoms with Gasteiger partial charge in [0, 0.05) is 30.5 Å². The van der Waals surface area contributed by atoms with Gasteiger partial charge in [-0.3, -0.25) is 9.59 Å². The van der Waals surface area contributed by atoms with Crippen molar-refractivity contribution in [3.05, 3.63) is 24.3 Å². The van der Waals surface area contributed by atoms with E-state index >= 15 is 0 Å². The third kappa shape index (κ3) is 9.26. The van der Waals surface area contributed by atoms with Gasteiger partial charge in [0.15, 0.2) is 6.04 Å². The van der Waals surface area contributed by atoms with Crippen molar-refractivity contribution < 1.29 is 34.8 Å². The summed E-state index contributed by atoms with van der Waals surface area (Å²) in [6.45, 7) is 9.87. The highest BCUT2D eigenvalue weighted by molar-refractivity contribution is 5.92. The van der Waals surface area contributed by atoms with Crippen molar-refractivity contribution >= 4 is 23.8 Å². The minimum Gasteiger partial charge on any atom is -0.548 e. The number of hydrogen-bond donors (Lipinski definition) is 3. The molecule has 0 saturated carbocycles. The molecule has 0 unspecified atom stereocenters. The summed E-state index contributed by atoms with van der Waals surface area (Å²) in [5.41, 5.74) is 4.15. The van der Waals surface area contributed by atoms with Crippen molar-refractivity contribution in [1.29, 1.82) is 0 Å². The summed E-state index contributed by atoms with van der Waals surface area (Å²) in [5, 5.41) is 15.9. The van der Waals surface area contributed by atoms with Crippen molar-refractivity contribution in [1.82, 2.24) is 10.6 Å². The number of nitrogens with one attached hydrogen (secondary N) is 2. The topological polar surface area (TPSA) is 152 Å². The molecule has 0 aliphatic rings. The predicted octanol–water partition coefficient (Wildman–Crippen LogP) is -2.58. The van der Waals surface area contributed by atoms with Crippen LogP contribution in [-0.4, -0.2) is 49.0 Å². The van der Waals surface area contributed by atoms with Crippen LogP contribution in [0.5, 0.6) is 0 Å². The Bertz CT molecular complexity index is 558. The average Bonchev–Trinajstić information content (AvgIpc) is 2.52. The first-order valence-corrected chi connectivity index (χ1v) is 7.66. The Kier molecular flexibility index (Phi) is 9.80. The highest BCUT2D eigenvalue weighted by Crippen LogP contribution is 1.98. The molecular weight excluding hydrogens is 330 g/mol. The molecule has 0 rings (SSSR count). The lowest BCUT2D eigenvalue weighted by molar-refractivity contribution is -0.404. The van der Waals surface area contributed by atoms with Crippen LogP contribution in [0.25, 0.3) is 0 Å². The second-order valence-corrected chi connectivity index (χ2v) is 5.61. The quantitative estimate of drug-likeness (QED) is 0.273. The Morgan fingerprint density at radius 3 is 2.20 bits per heavy atom. The Labute approximate surface area is 146 Å². The Hall–Kier alpha value is -2.68. The maximum atomic E-state index is 12.0. The zero-order valence-corrected chi connectivity index (χ0v) is 14.6. The number of carboxylic acids is 1. The first kappa shape index (κ1) is 22.3. The van der Waals surface area contributed by atoms with E-state index in [1.54, 1.807) is 6.92 Å². The molecule has 140 valence electrons. The van der Waals surface area contributed by atoms with E-state index in [9.17, 15) is 24.3 Å². The van der Waals surface area contributed by atoms with Crippen molar-refractivity contribution in [3.8, 4) is 0 Å². The number of esters is 1. The third-order valence-corrected chi connectivity index (χ3v) is 3.13. The van der Waals surface area contributed by atoms with Gasteiger partial charge in [-0.2, -0.15) is 0 Å². The SMILES string of the molecule is C=C(C)C(=O)NCC[C@H]([NH3+])C(=O)N[C@@H](CCOC(=O)C(=C)C)C(=O)[O-]. The molecule has 0 aliphatic carbocycles. The molecule has 0 heterocycles. The van der Waals surface area contributed by atoms with Crippen molar-refractivity contribution in [3.63, 3.8) is 0 Å². The second kappa shape index (κ2) is 11.0. The first-order valence-electron chi connectivity index (χ1n) is 7.66. The molecule has 0 radical (unpaired) electrons. The summed E-state index contributed by atoms with van der Waals surface area (Å²) in [4.78, 5) is 45.6. The van der Waals surface area contributed by atoms with Crippen LogP contribution in [0.3, 0.4) is 0 Å². The minimum atomic E-state index is -1.50. The smallest absolute Gasteiger partial charge is 0.333 e. The molecule has 0 aliphatic heterocycles. The molecule has 25 heavy (non-hydrogen) atoms. The van der Waals surface area contributed by atoms with Crippen LogP contribution in [-0.2, 0) is 23.9 Å². The Morgan fingerprint density at radius 1 is 1.12 bits per heavy atom. The van der Waals surface area contributed by atoms with E-state index < -0.39 is 29.9 Å². The van der Waals surface area contributed by atoms with Gasteiger partial charge in [-0.1, -0.05) is 13.2 Å². The number of hydrogen-bond acceptors (Lipinski definition) is 6. The van der Waals surface area contributed by atoms with Gasteiger partial charge in [-0.25, -0.2) is 4.79 Å². The summed E-state index contributed by atoms with van der Waals surface area (Å²) in [5.74, 6) is -3.08. The molecule has 9 nitrogen and oxygen atoms in total. The number of rotatable bonds is 11. The van der Waals surface area contributed by atoms with Gasteiger partial charge in [-0.15, -0.1) is 0 Å². The molecule has 0 aromatic rings. The summed E-state index contributed by atoms with van der Waals surface area (Å²) < 4.78 is 4.79. The van der Waals surface area contributed by atoms with Gasteiger partial charge in [0.1, 0.15) is 0 Å². The van der Waals surface area contributed by atoms with E-state index in [2.05, 4.69) is 29.5 Å². The standard InChI is InChI=1S/C16H25N3O6/c1-9(2)13(20)18-7-5-11(17)14(21)19-12(15(22)23)6-8-25-16(24)10(3)4/h11-12H,1,3,5-8,17H2,2,4H3,(H,18,20)(H,19,21)(H,22,23)/t11-,12-/m0/s1. The Morgan fingerprint density at radius 2 is 1.72 bits per heavy atom. The van der Waals surface area contributed by atoms with Crippen molar-refractivity contribution in [2.45, 2.75) is 38.8 Å². The maximum Gasteiger partial charge on any atom is 0.333 e. The van der Waals surface area contributed by atoms with Gasteiger partial charge in [-0.05, 0) is 13.8 Å². The molecule has 0 spiro atoms. The van der Waals surface area contributed by atoms with Crippen molar-refractivity contribution in [2.75, 3.05) is 13.2 Å². The number of carboxylic acid groups (broad SMARTS) is 1. The van der Waals surface area contributed by atoms with Crippen LogP contribution >= 0.6 is 0 Å². The largest absolute Gasteiger partial charge is 0.548 e. The zero-order valence-electron chi connectivity index (χ0n) is 14.6. The van der Waals surface area contributed by atoms with E-state index in [-0.39, 0.29) is 37.5 Å². The average molecular weight is 355 g/mol. The fourth-order valence-electron chi connectivity index (χ4n) is 1.57. The fraction of sp³-hybridized carbons (Fsp3) is 0.500. The van der Waals surface area contributed by atoms with E-state index in [1.165, 1.54) is 6.92 Å². The molecule has 0 saturated heterocycles. The van der Waals surface area contributed by atoms with Crippen molar-refractivity contribution in [2.24, 2.45) is 0 Å². The Balaban J connectivity index is 4.36. The van der Waals surface area contributed by atoms with E-state index in [0.29, 0.717) is 5.57 Å². The summed E-state index contributed by atoms with van der Waals surface area (Å²) >= 11 is 0. The molecule has 9 heteroatoms. The fourth-order valence-corrected chi connectivity index (χ4v) is 1.57. The van der Waals surface area contributed by atoms with Gasteiger partial charge in [0.05, 0.1) is 18.6 Å². The van der Waals surface area contributed by atoms with E-state index in [0.717, 1.165) is 0 Å². The molecule has 0 aromatic carbocycles. The van der Waals surface area contributed by atoms with Gasteiger partial charge in [0.25, 0.3) is 5.91 Å². The van der Waals surface area contributed by atoms with E-state index in [1.807, 2.05) is 0 Å². The number of amides is 2. The molecule has 2 atom stereocenters. The van der Waals surface area contributed by atoms with Gasteiger partial charge < -0.3 is 31.0 Å². The first-order chi connectivity index (χ1) is 11.6. The van der Waals surface area contributed by atoms with Crippen LogP contribution in [0.15, 0.2) is 24.3 Å². The van der Waals surface area contributed by atoms with Gasteiger partial charge >= 0.3 is 5.97 Å². The lowest BCUT2D eigenvalue weighted by Crippen LogP contribution is -2.69. The maximum absolute atomic E-state index is 12.0. The molecule has 2 amide bonds. The monoisotopic (exact) mass is 355 g/mol. The number of carbonyl (C=O) groups is 4. The van der Waals surface area contributed by atoms with Crippen LogP contribution in [0, 0.1) is 0 Å². The summed E-state index contributed by atoms with van der Waals surface area (Å²) in [6, 6.07) is -2.09. The zero-order chi connectivity index (χ0) is 19.6. The normalized spacial score (nSPS) is 12.4. The molecular formula is C16H25N3O6. The van der Waals surface area contributed by atoms with Crippen LogP contribution < -0.4 is 21.5 Å². The highest BCUT2D eigenvalue weighted by Gasteiger charge is 2.22. The van der Waals surface area contributed by atoms with Crippen LogP contribution in [0.1, 0.15) is 26.7 Å².